The summed E-state index contributed by atoms with van der Waals surface area (Å²) in [6, 6.07) is 12.9. The lowest BCUT2D eigenvalue weighted by atomic mass is 10.2. The van der Waals surface area contributed by atoms with Gasteiger partial charge in [0.15, 0.2) is 0 Å². The number of benzene rings is 1. The lowest BCUT2D eigenvalue weighted by molar-refractivity contribution is -0.117. The Bertz CT molecular complexity index is 1040. The highest BCUT2D eigenvalue weighted by Gasteiger charge is 2.29. The van der Waals surface area contributed by atoms with E-state index in [1.165, 1.54) is 0 Å². The van der Waals surface area contributed by atoms with Crippen LogP contribution in [0.1, 0.15) is 34.6 Å². The van der Waals surface area contributed by atoms with Gasteiger partial charge in [0.05, 0.1) is 17.4 Å². The Kier molecular flexibility index (Phi) is 4.69. The van der Waals surface area contributed by atoms with Crippen molar-refractivity contribution >= 4 is 23.2 Å². The molecule has 1 aromatic carbocycles. The number of carbonyl (C=O) groups excluding carboxylic acids is 2. The van der Waals surface area contributed by atoms with Crippen LogP contribution >= 0.6 is 0 Å². The molecule has 4 rings (SSSR count). The molecular formula is C22H22N4O2. The van der Waals surface area contributed by atoms with E-state index in [1.807, 2.05) is 54.8 Å². The molecule has 0 aliphatic heterocycles. The lowest BCUT2D eigenvalue weighted by Crippen LogP contribution is -2.15. The van der Waals surface area contributed by atoms with E-state index in [0.29, 0.717) is 16.9 Å². The van der Waals surface area contributed by atoms with Crippen molar-refractivity contribution in [2.45, 2.75) is 26.7 Å². The van der Waals surface area contributed by atoms with E-state index >= 15 is 0 Å². The molecule has 1 saturated carbocycles. The molecule has 1 aliphatic carbocycles. The summed E-state index contributed by atoms with van der Waals surface area (Å²) >= 11 is 0. The van der Waals surface area contributed by atoms with E-state index in [-0.39, 0.29) is 17.7 Å². The predicted molar refractivity (Wildman–Crippen MR) is 109 cm³/mol. The molecule has 3 aromatic rings. The summed E-state index contributed by atoms with van der Waals surface area (Å²) < 4.78 is 2.01. The van der Waals surface area contributed by atoms with Gasteiger partial charge in [-0.05, 0) is 63.1 Å². The average Bonchev–Trinajstić information content (AvgIpc) is 3.48. The number of nitrogens with one attached hydrogen (secondary N) is 2. The molecule has 2 N–H and O–H groups in total. The zero-order valence-electron chi connectivity index (χ0n) is 15.9. The third-order valence-corrected chi connectivity index (χ3v) is 4.92. The number of aryl methyl sites for hydroxylation is 1. The molecule has 2 aromatic heterocycles. The van der Waals surface area contributed by atoms with E-state index in [0.717, 1.165) is 29.9 Å². The highest BCUT2D eigenvalue weighted by atomic mass is 16.2. The second-order valence-corrected chi connectivity index (χ2v) is 7.13. The average molecular weight is 374 g/mol. The Hall–Kier alpha value is -3.41. The zero-order chi connectivity index (χ0) is 19.7. The second-order valence-electron chi connectivity index (χ2n) is 7.13. The first-order chi connectivity index (χ1) is 13.5. The summed E-state index contributed by atoms with van der Waals surface area (Å²) in [5, 5.41) is 5.83. The van der Waals surface area contributed by atoms with E-state index in [1.54, 1.807) is 18.5 Å². The lowest BCUT2D eigenvalue weighted by Gasteiger charge is -2.10. The van der Waals surface area contributed by atoms with Gasteiger partial charge in [0.2, 0.25) is 5.91 Å². The van der Waals surface area contributed by atoms with Crippen molar-refractivity contribution in [3.63, 3.8) is 0 Å². The van der Waals surface area contributed by atoms with Crippen LogP contribution in [0.2, 0.25) is 0 Å². The van der Waals surface area contributed by atoms with Crippen LogP contribution in [0, 0.1) is 19.8 Å². The van der Waals surface area contributed by atoms with Gasteiger partial charge < -0.3 is 15.2 Å². The Labute approximate surface area is 163 Å². The van der Waals surface area contributed by atoms with Gasteiger partial charge in [-0.2, -0.15) is 0 Å². The number of rotatable bonds is 5. The van der Waals surface area contributed by atoms with Gasteiger partial charge in [0.25, 0.3) is 5.91 Å². The number of nitrogens with zero attached hydrogens (tertiary/aromatic N) is 2. The van der Waals surface area contributed by atoms with Crippen LogP contribution in [-0.2, 0) is 4.79 Å². The SMILES string of the molecule is Cc1cc(C(=O)Nc2cccc(NC(=O)C3CC3)c2)c(C)n1-c1cccnc1. The molecule has 6 heteroatoms. The Balaban J connectivity index is 1.53. The molecule has 0 bridgehead atoms. The molecule has 142 valence electrons. The quantitative estimate of drug-likeness (QED) is 0.706. The maximum atomic E-state index is 12.9. The van der Waals surface area contributed by atoms with Gasteiger partial charge in [-0.25, -0.2) is 0 Å². The van der Waals surface area contributed by atoms with Gasteiger partial charge in [-0.15, -0.1) is 0 Å². The van der Waals surface area contributed by atoms with Crippen LogP contribution in [0.3, 0.4) is 0 Å². The molecule has 0 spiro atoms. The van der Waals surface area contributed by atoms with Crippen LogP contribution < -0.4 is 10.6 Å². The molecule has 1 fully saturated rings. The van der Waals surface area contributed by atoms with Gasteiger partial charge in [0.1, 0.15) is 0 Å². The summed E-state index contributed by atoms with van der Waals surface area (Å²) in [5.41, 5.74) is 4.66. The summed E-state index contributed by atoms with van der Waals surface area (Å²) in [7, 11) is 0. The highest BCUT2D eigenvalue weighted by Crippen LogP contribution is 2.30. The smallest absolute Gasteiger partial charge is 0.257 e. The minimum Gasteiger partial charge on any atom is -0.326 e. The number of amides is 2. The van der Waals surface area contributed by atoms with Crippen LogP contribution in [-0.4, -0.2) is 21.4 Å². The van der Waals surface area contributed by atoms with E-state index < -0.39 is 0 Å². The standard InChI is InChI=1S/C22H22N4O2/c1-14-11-20(15(2)26(14)19-7-4-10-23-13-19)22(28)25-18-6-3-5-17(12-18)24-21(27)16-8-9-16/h3-7,10-13,16H,8-9H2,1-2H3,(H,24,27)(H,25,28). The molecule has 0 unspecified atom stereocenters. The van der Waals surface area contributed by atoms with Gasteiger partial charge in [0, 0.05) is 34.9 Å². The molecular weight excluding hydrogens is 352 g/mol. The van der Waals surface area contributed by atoms with Crippen molar-refractivity contribution in [1.29, 1.82) is 0 Å². The number of hydrogen-bond acceptors (Lipinski definition) is 3. The van der Waals surface area contributed by atoms with Gasteiger partial charge in [-0.3, -0.25) is 14.6 Å². The van der Waals surface area contributed by atoms with E-state index in [2.05, 4.69) is 15.6 Å². The van der Waals surface area contributed by atoms with Crippen LogP contribution in [0.15, 0.2) is 54.9 Å². The van der Waals surface area contributed by atoms with Crippen molar-refractivity contribution < 1.29 is 9.59 Å². The normalized spacial score (nSPS) is 13.2. The monoisotopic (exact) mass is 374 g/mol. The number of hydrogen-bond donors (Lipinski definition) is 2. The molecule has 2 heterocycles. The third kappa shape index (κ3) is 3.67. The minimum atomic E-state index is -0.186. The maximum absolute atomic E-state index is 12.9. The predicted octanol–water partition coefficient (Wildman–Crippen LogP) is 4.09. The molecule has 0 saturated heterocycles. The fourth-order valence-corrected chi connectivity index (χ4v) is 3.34. The molecule has 2 amide bonds. The first-order valence-electron chi connectivity index (χ1n) is 9.34. The summed E-state index contributed by atoms with van der Waals surface area (Å²) in [5.74, 6) is -0.00600. The molecule has 0 atom stereocenters. The zero-order valence-corrected chi connectivity index (χ0v) is 15.9. The molecule has 1 aliphatic rings. The molecule has 0 radical (unpaired) electrons. The number of pyridine rings is 1. The largest absolute Gasteiger partial charge is 0.326 e. The maximum Gasteiger partial charge on any atom is 0.257 e. The Morgan fingerprint density at radius 2 is 1.79 bits per heavy atom. The van der Waals surface area contributed by atoms with Gasteiger partial charge in [-0.1, -0.05) is 6.07 Å². The van der Waals surface area contributed by atoms with Crippen LogP contribution in [0.25, 0.3) is 5.69 Å². The summed E-state index contributed by atoms with van der Waals surface area (Å²) in [4.78, 5) is 29.0. The number of anilines is 2. The highest BCUT2D eigenvalue weighted by molar-refractivity contribution is 6.06. The first-order valence-corrected chi connectivity index (χ1v) is 9.34. The minimum absolute atomic E-state index is 0.0449. The van der Waals surface area contributed by atoms with Crippen molar-refractivity contribution in [2.75, 3.05) is 10.6 Å². The van der Waals surface area contributed by atoms with Crippen molar-refractivity contribution in [2.24, 2.45) is 5.92 Å². The van der Waals surface area contributed by atoms with Crippen molar-refractivity contribution in [3.8, 4) is 5.69 Å². The topological polar surface area (TPSA) is 76.0 Å². The van der Waals surface area contributed by atoms with Crippen molar-refractivity contribution in [1.82, 2.24) is 9.55 Å². The van der Waals surface area contributed by atoms with Crippen LogP contribution in [0.5, 0.6) is 0 Å². The Morgan fingerprint density at radius 3 is 2.46 bits per heavy atom. The fourth-order valence-electron chi connectivity index (χ4n) is 3.34. The summed E-state index contributed by atoms with van der Waals surface area (Å²) in [6.45, 7) is 3.88. The number of carbonyl (C=O) groups is 2. The van der Waals surface area contributed by atoms with Gasteiger partial charge >= 0.3 is 0 Å². The van der Waals surface area contributed by atoms with Crippen LogP contribution in [0.4, 0.5) is 11.4 Å². The third-order valence-electron chi connectivity index (χ3n) is 4.92. The van der Waals surface area contributed by atoms with Crippen molar-refractivity contribution in [3.05, 3.63) is 71.8 Å². The van der Waals surface area contributed by atoms with E-state index in [4.69, 9.17) is 0 Å². The molecule has 6 nitrogen and oxygen atoms in total. The number of aromatic nitrogens is 2. The van der Waals surface area contributed by atoms with E-state index in [9.17, 15) is 9.59 Å². The fraction of sp³-hybridized carbons (Fsp3) is 0.227. The summed E-state index contributed by atoms with van der Waals surface area (Å²) in [6.07, 6.45) is 5.40. The molecule has 28 heavy (non-hydrogen) atoms. The second kappa shape index (κ2) is 7.31. The first kappa shape index (κ1) is 18.0. The Morgan fingerprint density at radius 1 is 1.04 bits per heavy atom.